The molecule has 1 aliphatic rings. The molecular formula is C18H27FN6O2. The Morgan fingerprint density at radius 2 is 2.04 bits per heavy atom. The van der Waals surface area contributed by atoms with E-state index in [2.05, 4.69) is 20.3 Å². The van der Waals surface area contributed by atoms with E-state index in [1.165, 1.54) is 0 Å². The van der Waals surface area contributed by atoms with Gasteiger partial charge in [-0.05, 0) is 40.5 Å². The Kier molecular flexibility index (Phi) is 4.96. The van der Waals surface area contributed by atoms with E-state index in [1.807, 2.05) is 41.5 Å². The number of imidazole rings is 1. The first-order valence-electron chi connectivity index (χ1n) is 9.19. The van der Waals surface area contributed by atoms with Gasteiger partial charge in [0.2, 0.25) is 0 Å². The molecule has 2 atom stereocenters. The summed E-state index contributed by atoms with van der Waals surface area (Å²) in [4.78, 5) is 26.1. The van der Waals surface area contributed by atoms with Gasteiger partial charge in [0.15, 0.2) is 17.0 Å². The maximum Gasteiger partial charge on any atom is 0.410 e. The number of nitrogens with one attached hydrogen (secondary N) is 1. The fourth-order valence-corrected chi connectivity index (χ4v) is 3.17. The van der Waals surface area contributed by atoms with E-state index in [4.69, 9.17) is 4.74 Å². The smallest absolute Gasteiger partial charge is 0.410 e. The zero-order valence-electron chi connectivity index (χ0n) is 16.7. The second-order valence-electron chi connectivity index (χ2n) is 8.37. The molecule has 1 aliphatic heterocycles. The number of likely N-dealkylation sites (tertiary alicyclic amines) is 1. The molecule has 148 valence electrons. The van der Waals surface area contributed by atoms with Crippen molar-refractivity contribution in [1.82, 2.24) is 24.4 Å². The molecule has 3 rings (SSSR count). The summed E-state index contributed by atoms with van der Waals surface area (Å²) >= 11 is 0. The molecule has 3 heterocycles. The number of fused-ring (bicyclic) bond motifs is 1. The predicted molar refractivity (Wildman–Crippen MR) is 100 cm³/mol. The monoisotopic (exact) mass is 378 g/mol. The van der Waals surface area contributed by atoms with Gasteiger partial charge in [-0.1, -0.05) is 6.92 Å². The number of carbonyl (C=O) groups is 1. The number of nitrogens with zero attached hydrogens (tertiary/aromatic N) is 5. The Bertz CT molecular complexity index is 844. The SMILES string of the molecule is CC(C)n1cnc2c(N[C@@H]3CN(C(=O)OC(C)(C)C)C[C@H]3C)nc(F)nc21. The minimum absolute atomic E-state index is 0.0841. The lowest BCUT2D eigenvalue weighted by Gasteiger charge is -2.24. The van der Waals surface area contributed by atoms with Crippen LogP contribution in [0.3, 0.4) is 0 Å². The molecule has 0 radical (unpaired) electrons. The van der Waals surface area contributed by atoms with Crippen LogP contribution in [0.1, 0.15) is 47.6 Å². The van der Waals surface area contributed by atoms with E-state index in [9.17, 15) is 9.18 Å². The number of aromatic nitrogens is 4. The van der Waals surface area contributed by atoms with Gasteiger partial charge in [0, 0.05) is 25.2 Å². The van der Waals surface area contributed by atoms with Crippen LogP contribution >= 0.6 is 0 Å². The number of rotatable bonds is 3. The Hall–Kier alpha value is -2.45. The van der Waals surface area contributed by atoms with Gasteiger partial charge in [-0.15, -0.1) is 0 Å². The molecule has 1 fully saturated rings. The van der Waals surface area contributed by atoms with Crippen molar-refractivity contribution >= 4 is 23.1 Å². The third kappa shape index (κ3) is 4.12. The summed E-state index contributed by atoms with van der Waals surface area (Å²) in [5, 5.41) is 3.26. The van der Waals surface area contributed by atoms with Crippen molar-refractivity contribution in [2.75, 3.05) is 18.4 Å². The van der Waals surface area contributed by atoms with Crippen LogP contribution in [-0.2, 0) is 4.74 Å². The summed E-state index contributed by atoms with van der Waals surface area (Å²) in [6.07, 6.45) is 0.489. The van der Waals surface area contributed by atoms with Crippen molar-refractivity contribution in [2.45, 2.75) is 59.2 Å². The van der Waals surface area contributed by atoms with Crippen LogP contribution < -0.4 is 5.32 Å². The number of hydrogen-bond acceptors (Lipinski definition) is 6. The van der Waals surface area contributed by atoms with E-state index in [-0.39, 0.29) is 24.1 Å². The summed E-state index contributed by atoms with van der Waals surface area (Å²) in [6.45, 7) is 12.5. The molecular weight excluding hydrogens is 351 g/mol. The Labute approximate surface area is 158 Å². The first kappa shape index (κ1) is 19.3. The normalized spacial score (nSPS) is 20.5. The molecule has 0 aromatic carbocycles. The summed E-state index contributed by atoms with van der Waals surface area (Å²) in [7, 11) is 0. The van der Waals surface area contributed by atoms with Gasteiger partial charge in [0.25, 0.3) is 0 Å². The molecule has 0 bridgehead atoms. The van der Waals surface area contributed by atoms with Crippen LogP contribution in [0.4, 0.5) is 15.0 Å². The van der Waals surface area contributed by atoms with Crippen molar-refractivity contribution in [3.05, 3.63) is 12.4 Å². The highest BCUT2D eigenvalue weighted by Gasteiger charge is 2.35. The lowest BCUT2D eigenvalue weighted by atomic mass is 10.1. The minimum Gasteiger partial charge on any atom is -0.444 e. The highest BCUT2D eigenvalue weighted by Crippen LogP contribution is 2.26. The summed E-state index contributed by atoms with van der Waals surface area (Å²) < 4.78 is 21.2. The van der Waals surface area contributed by atoms with Crippen LogP contribution in [0.5, 0.6) is 0 Å². The summed E-state index contributed by atoms with van der Waals surface area (Å²) in [6, 6.07) is 0.0180. The molecule has 8 nitrogen and oxygen atoms in total. The molecule has 27 heavy (non-hydrogen) atoms. The zero-order valence-corrected chi connectivity index (χ0v) is 16.7. The maximum atomic E-state index is 14.0. The number of carbonyl (C=O) groups excluding carboxylic acids is 1. The van der Waals surface area contributed by atoms with Gasteiger partial charge in [0.1, 0.15) is 5.60 Å². The van der Waals surface area contributed by atoms with Crippen molar-refractivity contribution in [3.8, 4) is 0 Å². The Morgan fingerprint density at radius 1 is 1.33 bits per heavy atom. The first-order chi connectivity index (χ1) is 12.5. The van der Waals surface area contributed by atoms with Gasteiger partial charge in [-0.25, -0.2) is 9.78 Å². The van der Waals surface area contributed by atoms with Crippen LogP contribution in [0.15, 0.2) is 6.33 Å². The lowest BCUT2D eigenvalue weighted by Crippen LogP contribution is -2.36. The molecule has 0 saturated carbocycles. The Morgan fingerprint density at radius 3 is 2.67 bits per heavy atom. The first-order valence-corrected chi connectivity index (χ1v) is 9.19. The predicted octanol–water partition coefficient (Wildman–Crippen LogP) is 3.21. The second kappa shape index (κ2) is 6.94. The summed E-state index contributed by atoms with van der Waals surface area (Å²) in [5.74, 6) is 0.498. The topological polar surface area (TPSA) is 85.2 Å². The molecule has 0 spiro atoms. The average molecular weight is 378 g/mol. The van der Waals surface area contributed by atoms with Gasteiger partial charge in [-0.3, -0.25) is 0 Å². The molecule has 2 aromatic rings. The van der Waals surface area contributed by atoms with E-state index < -0.39 is 11.7 Å². The largest absolute Gasteiger partial charge is 0.444 e. The Balaban J connectivity index is 1.80. The second-order valence-corrected chi connectivity index (χ2v) is 8.37. The molecule has 1 saturated heterocycles. The highest BCUT2D eigenvalue weighted by molar-refractivity contribution is 5.83. The number of anilines is 1. The summed E-state index contributed by atoms with van der Waals surface area (Å²) in [5.41, 5.74) is 0.431. The fraction of sp³-hybridized carbons (Fsp3) is 0.667. The number of amides is 1. The highest BCUT2D eigenvalue weighted by atomic mass is 19.1. The van der Waals surface area contributed by atoms with E-state index >= 15 is 0 Å². The minimum atomic E-state index is -0.804. The third-order valence-electron chi connectivity index (χ3n) is 4.54. The molecule has 1 N–H and O–H groups in total. The van der Waals surface area contributed by atoms with Crippen LogP contribution in [0.2, 0.25) is 0 Å². The van der Waals surface area contributed by atoms with Crippen molar-refractivity contribution in [3.63, 3.8) is 0 Å². The standard InChI is InChI=1S/C18H27FN6O2/c1-10(2)25-9-20-13-14(22-16(19)23-15(13)25)21-12-8-24(7-11(12)3)17(26)27-18(4,5)6/h9-12H,7-8H2,1-6H3,(H,21,22,23)/t11-,12-/m1/s1. The molecule has 0 unspecified atom stereocenters. The quantitative estimate of drug-likeness (QED) is 0.826. The van der Waals surface area contributed by atoms with Crippen molar-refractivity contribution < 1.29 is 13.9 Å². The molecule has 0 aliphatic carbocycles. The van der Waals surface area contributed by atoms with Gasteiger partial charge < -0.3 is 19.5 Å². The maximum absolute atomic E-state index is 14.0. The van der Waals surface area contributed by atoms with Crippen molar-refractivity contribution in [2.24, 2.45) is 5.92 Å². The average Bonchev–Trinajstić information content (AvgIpc) is 3.10. The van der Waals surface area contributed by atoms with Crippen LogP contribution in [-0.4, -0.2) is 55.2 Å². The zero-order chi connectivity index (χ0) is 19.9. The van der Waals surface area contributed by atoms with E-state index in [0.717, 1.165) is 0 Å². The molecule has 9 heteroatoms. The van der Waals surface area contributed by atoms with Gasteiger partial charge in [0.05, 0.1) is 6.33 Å². The third-order valence-corrected chi connectivity index (χ3v) is 4.54. The number of hydrogen-bond donors (Lipinski definition) is 1. The number of halogens is 1. The molecule has 1 amide bonds. The van der Waals surface area contributed by atoms with Crippen molar-refractivity contribution in [1.29, 1.82) is 0 Å². The lowest BCUT2D eigenvalue weighted by molar-refractivity contribution is 0.0288. The van der Waals surface area contributed by atoms with Gasteiger partial charge in [-0.2, -0.15) is 14.4 Å². The van der Waals surface area contributed by atoms with Crippen LogP contribution in [0.25, 0.3) is 11.2 Å². The van der Waals surface area contributed by atoms with E-state index in [1.54, 1.807) is 15.8 Å². The van der Waals surface area contributed by atoms with Gasteiger partial charge >= 0.3 is 12.2 Å². The number of ether oxygens (including phenoxy) is 1. The molecule has 2 aromatic heterocycles. The van der Waals surface area contributed by atoms with Crippen LogP contribution in [0, 0.1) is 12.0 Å². The van der Waals surface area contributed by atoms with E-state index in [0.29, 0.717) is 30.1 Å². The fourth-order valence-electron chi connectivity index (χ4n) is 3.17.